The van der Waals surface area contributed by atoms with Crippen molar-refractivity contribution in [2.75, 3.05) is 39.3 Å². The van der Waals surface area contributed by atoms with E-state index in [1.807, 2.05) is 24.3 Å². The van der Waals surface area contributed by atoms with Gasteiger partial charge in [0.25, 0.3) is 0 Å². The van der Waals surface area contributed by atoms with Gasteiger partial charge in [0.1, 0.15) is 11.0 Å². The summed E-state index contributed by atoms with van der Waals surface area (Å²) in [6.07, 6.45) is 2.26. The van der Waals surface area contributed by atoms with Crippen molar-refractivity contribution in [1.82, 2.24) is 19.7 Å². The van der Waals surface area contributed by atoms with E-state index in [1.54, 1.807) is 11.3 Å². The second kappa shape index (κ2) is 8.84. The Morgan fingerprint density at radius 1 is 0.900 bits per heavy atom. The number of thiazole rings is 1. The summed E-state index contributed by atoms with van der Waals surface area (Å²) in [6.45, 7) is 6.44. The third-order valence-electron chi connectivity index (χ3n) is 6.24. The molecule has 6 heteroatoms. The Kier molecular flexibility index (Phi) is 5.79. The molecule has 2 aliphatic heterocycles. The molecule has 3 aromatic rings. The van der Waals surface area contributed by atoms with E-state index < -0.39 is 0 Å². The van der Waals surface area contributed by atoms with Gasteiger partial charge in [0.2, 0.25) is 5.91 Å². The molecule has 5 nitrogen and oxygen atoms in total. The molecular formula is C24H28N4OS. The van der Waals surface area contributed by atoms with Crippen LogP contribution in [0, 0.1) is 0 Å². The number of rotatable bonds is 5. The molecule has 2 aliphatic rings. The second-order valence-corrected chi connectivity index (χ2v) is 9.35. The van der Waals surface area contributed by atoms with Gasteiger partial charge < -0.3 is 4.90 Å². The number of hydrogen-bond acceptors (Lipinski definition) is 5. The van der Waals surface area contributed by atoms with Crippen molar-refractivity contribution in [3.8, 4) is 0 Å². The summed E-state index contributed by atoms with van der Waals surface area (Å²) in [5.41, 5.74) is 2.21. The molecule has 2 aromatic carbocycles. The average Bonchev–Trinajstić information content (AvgIpc) is 3.45. The zero-order valence-electron chi connectivity index (χ0n) is 17.2. The first-order valence-electron chi connectivity index (χ1n) is 10.9. The first-order valence-corrected chi connectivity index (χ1v) is 11.7. The number of aromatic nitrogens is 1. The number of carbonyl (C=O) groups excluding carboxylic acids is 1. The van der Waals surface area contributed by atoms with Crippen molar-refractivity contribution in [3.05, 3.63) is 65.2 Å². The van der Waals surface area contributed by atoms with Crippen LogP contribution in [-0.4, -0.2) is 64.9 Å². The van der Waals surface area contributed by atoms with Crippen molar-refractivity contribution in [2.45, 2.75) is 25.4 Å². The fourth-order valence-corrected chi connectivity index (χ4v) is 5.62. The molecule has 2 saturated heterocycles. The molecule has 0 spiro atoms. The van der Waals surface area contributed by atoms with Crippen LogP contribution in [0.25, 0.3) is 10.2 Å². The maximum absolute atomic E-state index is 13.4. The topological polar surface area (TPSA) is 39.7 Å². The number of fused-ring (bicyclic) bond motifs is 1. The Morgan fingerprint density at radius 2 is 1.60 bits per heavy atom. The molecule has 0 bridgehead atoms. The Balaban J connectivity index is 1.27. The fraction of sp³-hybridized carbons (Fsp3) is 0.417. The first-order chi connectivity index (χ1) is 14.8. The van der Waals surface area contributed by atoms with Gasteiger partial charge in [-0.3, -0.25) is 14.6 Å². The Hall–Kier alpha value is -2.28. The number of para-hydroxylation sites is 1. The number of piperazine rings is 1. The van der Waals surface area contributed by atoms with E-state index in [-0.39, 0.29) is 11.9 Å². The molecule has 0 N–H and O–H groups in total. The molecule has 0 radical (unpaired) electrons. The van der Waals surface area contributed by atoms with E-state index in [4.69, 9.17) is 4.98 Å². The fourth-order valence-electron chi connectivity index (χ4n) is 4.61. The zero-order valence-corrected chi connectivity index (χ0v) is 18.1. The maximum atomic E-state index is 13.4. The molecule has 0 aliphatic carbocycles. The lowest BCUT2D eigenvalue weighted by Gasteiger charge is -2.39. The number of hydrogen-bond donors (Lipinski definition) is 0. The Morgan fingerprint density at radius 3 is 2.33 bits per heavy atom. The van der Waals surface area contributed by atoms with Crippen molar-refractivity contribution >= 4 is 27.5 Å². The SMILES string of the molecule is O=C(C(c1ccccc1)N1CCN(Cc2nc3ccccc3s2)CC1)N1CCCC1. The molecule has 2 fully saturated rings. The molecule has 30 heavy (non-hydrogen) atoms. The highest BCUT2D eigenvalue weighted by Crippen LogP contribution is 2.28. The van der Waals surface area contributed by atoms with Crippen LogP contribution in [-0.2, 0) is 11.3 Å². The lowest BCUT2D eigenvalue weighted by atomic mass is 10.0. The lowest BCUT2D eigenvalue weighted by Crippen LogP contribution is -2.51. The van der Waals surface area contributed by atoms with Gasteiger partial charge in [0.05, 0.1) is 16.8 Å². The van der Waals surface area contributed by atoms with Crippen LogP contribution < -0.4 is 0 Å². The highest BCUT2D eigenvalue weighted by atomic mass is 32.1. The minimum Gasteiger partial charge on any atom is -0.341 e. The standard InChI is InChI=1S/C24H28N4OS/c29-24(28-12-6-7-13-28)23(19-8-2-1-3-9-19)27-16-14-26(15-17-27)18-22-25-20-10-4-5-11-21(20)30-22/h1-5,8-11,23H,6-7,12-18H2. The van der Waals surface area contributed by atoms with Crippen LogP contribution in [0.1, 0.15) is 29.5 Å². The monoisotopic (exact) mass is 420 g/mol. The van der Waals surface area contributed by atoms with Crippen LogP contribution >= 0.6 is 11.3 Å². The van der Waals surface area contributed by atoms with E-state index in [0.717, 1.165) is 69.7 Å². The molecular weight excluding hydrogens is 392 g/mol. The second-order valence-electron chi connectivity index (χ2n) is 8.23. The summed E-state index contributed by atoms with van der Waals surface area (Å²) in [5, 5.41) is 1.18. The summed E-state index contributed by atoms with van der Waals surface area (Å²) in [5.74, 6) is 0.276. The molecule has 1 unspecified atom stereocenters. The van der Waals surface area contributed by atoms with Gasteiger partial charge in [0.15, 0.2) is 0 Å². The molecule has 1 aromatic heterocycles. The quantitative estimate of drug-likeness (QED) is 0.630. The molecule has 3 heterocycles. The summed E-state index contributed by atoms with van der Waals surface area (Å²) < 4.78 is 1.26. The van der Waals surface area contributed by atoms with Crippen molar-refractivity contribution in [2.24, 2.45) is 0 Å². The van der Waals surface area contributed by atoms with Gasteiger partial charge in [-0.2, -0.15) is 0 Å². The zero-order chi connectivity index (χ0) is 20.3. The average molecular weight is 421 g/mol. The number of benzene rings is 2. The van der Waals surface area contributed by atoms with E-state index >= 15 is 0 Å². The predicted octanol–water partition coefficient (Wildman–Crippen LogP) is 3.78. The first kappa shape index (κ1) is 19.7. The summed E-state index contributed by atoms with van der Waals surface area (Å²) in [6, 6.07) is 18.5. The highest BCUT2D eigenvalue weighted by molar-refractivity contribution is 7.18. The highest BCUT2D eigenvalue weighted by Gasteiger charge is 2.34. The van der Waals surface area contributed by atoms with Gasteiger partial charge >= 0.3 is 0 Å². The van der Waals surface area contributed by atoms with Crippen LogP contribution in [0.3, 0.4) is 0 Å². The van der Waals surface area contributed by atoms with E-state index in [1.165, 1.54) is 9.71 Å². The molecule has 5 rings (SSSR count). The smallest absolute Gasteiger partial charge is 0.244 e. The van der Waals surface area contributed by atoms with Gasteiger partial charge in [-0.1, -0.05) is 42.5 Å². The van der Waals surface area contributed by atoms with Gasteiger partial charge in [0, 0.05) is 39.3 Å². The van der Waals surface area contributed by atoms with E-state index in [9.17, 15) is 4.79 Å². The summed E-state index contributed by atoms with van der Waals surface area (Å²) in [4.78, 5) is 25.1. The number of nitrogens with zero attached hydrogens (tertiary/aromatic N) is 4. The van der Waals surface area contributed by atoms with Gasteiger partial charge in [-0.25, -0.2) is 4.98 Å². The van der Waals surface area contributed by atoms with Crippen LogP contribution in [0.5, 0.6) is 0 Å². The third kappa shape index (κ3) is 4.13. The van der Waals surface area contributed by atoms with Crippen LogP contribution in [0.4, 0.5) is 0 Å². The summed E-state index contributed by atoms with van der Waals surface area (Å²) >= 11 is 1.79. The maximum Gasteiger partial charge on any atom is 0.244 e. The summed E-state index contributed by atoms with van der Waals surface area (Å²) in [7, 11) is 0. The number of amides is 1. The predicted molar refractivity (Wildman–Crippen MR) is 121 cm³/mol. The Labute approximate surface area is 181 Å². The van der Waals surface area contributed by atoms with Crippen LogP contribution in [0.15, 0.2) is 54.6 Å². The minimum atomic E-state index is -0.158. The van der Waals surface area contributed by atoms with E-state index in [0.29, 0.717) is 0 Å². The van der Waals surface area contributed by atoms with Crippen LogP contribution in [0.2, 0.25) is 0 Å². The largest absolute Gasteiger partial charge is 0.341 e. The Bertz CT molecular complexity index is 958. The van der Waals surface area contributed by atoms with Crippen molar-refractivity contribution < 1.29 is 4.79 Å². The molecule has 1 amide bonds. The number of carbonyl (C=O) groups is 1. The van der Waals surface area contributed by atoms with Crippen molar-refractivity contribution in [3.63, 3.8) is 0 Å². The van der Waals surface area contributed by atoms with Gasteiger partial charge in [-0.15, -0.1) is 11.3 Å². The molecule has 1 atom stereocenters. The minimum absolute atomic E-state index is 0.158. The third-order valence-corrected chi connectivity index (χ3v) is 7.26. The van der Waals surface area contributed by atoms with Crippen molar-refractivity contribution in [1.29, 1.82) is 0 Å². The molecule has 0 saturated carbocycles. The van der Waals surface area contributed by atoms with E-state index in [2.05, 4.69) is 45.0 Å². The normalized spacial score (nSPS) is 19.4. The van der Waals surface area contributed by atoms with Gasteiger partial charge in [-0.05, 0) is 30.5 Å². The molecule has 156 valence electrons. The lowest BCUT2D eigenvalue weighted by molar-refractivity contribution is -0.137. The number of likely N-dealkylation sites (tertiary alicyclic amines) is 1.